The Morgan fingerprint density at radius 3 is 2.50 bits per heavy atom. The Bertz CT molecular complexity index is 1290. The van der Waals surface area contributed by atoms with Crippen LogP contribution in [0.15, 0.2) is 89.1 Å². The van der Waals surface area contributed by atoms with E-state index in [4.69, 9.17) is 4.74 Å². The molecular weight excluding hydrogens is 466 g/mol. The largest absolute Gasteiger partial charge is 0.496 e. The summed E-state index contributed by atoms with van der Waals surface area (Å²) in [6, 6.07) is 24.7. The quantitative estimate of drug-likeness (QED) is 0.286. The lowest BCUT2D eigenvalue weighted by atomic mass is 10.1. The van der Waals surface area contributed by atoms with Crippen molar-refractivity contribution in [1.82, 2.24) is 4.98 Å². The monoisotopic (exact) mass is 489 g/mol. The number of thiazole rings is 1. The number of hydrogen-bond donors (Lipinski definition) is 2. The van der Waals surface area contributed by atoms with Crippen LogP contribution in [0.4, 0.5) is 10.8 Å². The fraction of sp³-hybridized carbons (Fsp3) is 0.115. The summed E-state index contributed by atoms with van der Waals surface area (Å²) in [4.78, 5) is 30.3. The molecule has 0 aliphatic rings. The van der Waals surface area contributed by atoms with E-state index in [1.807, 2.05) is 84.2 Å². The lowest BCUT2D eigenvalue weighted by molar-refractivity contribution is -0.116. The number of aromatic nitrogens is 1. The Balaban J connectivity index is 1.57. The molecule has 1 atom stereocenters. The van der Waals surface area contributed by atoms with Gasteiger partial charge in [-0.1, -0.05) is 48.5 Å². The van der Waals surface area contributed by atoms with E-state index in [-0.39, 0.29) is 11.8 Å². The minimum absolute atomic E-state index is 0.144. The highest BCUT2D eigenvalue weighted by Crippen LogP contribution is 2.38. The first-order valence-electron chi connectivity index (χ1n) is 10.5. The van der Waals surface area contributed by atoms with Gasteiger partial charge in [0.1, 0.15) is 11.0 Å². The number of nitrogens with zero attached hydrogens (tertiary/aromatic N) is 1. The third kappa shape index (κ3) is 5.84. The Kier molecular flexibility index (Phi) is 7.61. The first kappa shape index (κ1) is 23.5. The van der Waals surface area contributed by atoms with Gasteiger partial charge in [-0.05, 0) is 35.9 Å². The van der Waals surface area contributed by atoms with E-state index in [0.29, 0.717) is 10.8 Å². The SMILES string of the molecule is COc1ccccc1-c1csc(NC(=O)C(Sc2cccc(NC(C)=O)c2)c2ccccc2)n1. The highest BCUT2D eigenvalue weighted by Gasteiger charge is 2.23. The van der Waals surface area contributed by atoms with Crippen molar-refractivity contribution in [2.45, 2.75) is 17.1 Å². The molecule has 4 aromatic rings. The third-order valence-electron chi connectivity index (χ3n) is 4.87. The van der Waals surface area contributed by atoms with Crippen molar-refractivity contribution >= 4 is 45.7 Å². The van der Waals surface area contributed by atoms with Crippen molar-refractivity contribution in [1.29, 1.82) is 0 Å². The first-order chi connectivity index (χ1) is 16.5. The van der Waals surface area contributed by atoms with Crippen LogP contribution in [0, 0.1) is 0 Å². The van der Waals surface area contributed by atoms with Gasteiger partial charge in [0.15, 0.2) is 5.13 Å². The van der Waals surface area contributed by atoms with Crippen molar-refractivity contribution in [2.24, 2.45) is 0 Å². The molecule has 3 aromatic carbocycles. The van der Waals surface area contributed by atoms with E-state index >= 15 is 0 Å². The molecule has 1 aromatic heterocycles. The summed E-state index contributed by atoms with van der Waals surface area (Å²) in [7, 11) is 1.62. The lowest BCUT2D eigenvalue weighted by Gasteiger charge is -2.17. The van der Waals surface area contributed by atoms with Gasteiger partial charge in [0, 0.05) is 28.5 Å². The molecule has 0 spiro atoms. The number of nitrogens with one attached hydrogen (secondary N) is 2. The van der Waals surface area contributed by atoms with E-state index in [0.717, 1.165) is 27.5 Å². The van der Waals surface area contributed by atoms with Gasteiger partial charge in [-0.3, -0.25) is 9.59 Å². The van der Waals surface area contributed by atoms with Crippen LogP contribution in [0.2, 0.25) is 0 Å². The Labute approximate surface area is 206 Å². The number of amides is 2. The number of carbonyl (C=O) groups excluding carboxylic acids is 2. The second kappa shape index (κ2) is 11.0. The van der Waals surface area contributed by atoms with Crippen molar-refractivity contribution in [2.75, 3.05) is 17.7 Å². The van der Waals surface area contributed by atoms with Crippen LogP contribution in [0.1, 0.15) is 17.7 Å². The zero-order valence-corrected chi connectivity index (χ0v) is 20.3. The van der Waals surface area contributed by atoms with Crippen LogP contribution >= 0.6 is 23.1 Å². The minimum atomic E-state index is -0.507. The number of methoxy groups -OCH3 is 1. The summed E-state index contributed by atoms with van der Waals surface area (Å²) >= 11 is 2.78. The Morgan fingerprint density at radius 2 is 1.74 bits per heavy atom. The first-order valence-corrected chi connectivity index (χ1v) is 12.3. The minimum Gasteiger partial charge on any atom is -0.496 e. The van der Waals surface area contributed by atoms with E-state index < -0.39 is 5.25 Å². The predicted molar refractivity (Wildman–Crippen MR) is 139 cm³/mol. The molecule has 6 nitrogen and oxygen atoms in total. The molecule has 0 fully saturated rings. The van der Waals surface area contributed by atoms with Crippen molar-refractivity contribution in [3.63, 3.8) is 0 Å². The zero-order chi connectivity index (χ0) is 23.9. The van der Waals surface area contributed by atoms with E-state index in [2.05, 4.69) is 15.6 Å². The molecular formula is C26H23N3O3S2. The number of carbonyl (C=O) groups is 2. The summed E-state index contributed by atoms with van der Waals surface area (Å²) in [5, 5.41) is 7.66. The molecule has 0 aliphatic carbocycles. The molecule has 1 unspecified atom stereocenters. The van der Waals surface area contributed by atoms with Crippen LogP contribution in [-0.2, 0) is 9.59 Å². The molecule has 34 heavy (non-hydrogen) atoms. The van der Waals surface area contributed by atoms with Gasteiger partial charge in [0.2, 0.25) is 11.8 Å². The standard InChI is InChI=1S/C26H23N3O3S2/c1-17(30)27-19-11-8-12-20(15-19)34-24(18-9-4-3-5-10-18)25(31)29-26-28-22(16-33-26)21-13-6-7-14-23(21)32-2/h3-16,24H,1-2H3,(H,27,30)(H,28,29,31). The molecule has 1 heterocycles. The molecule has 2 amide bonds. The molecule has 8 heteroatoms. The predicted octanol–water partition coefficient (Wildman–Crippen LogP) is 6.25. The van der Waals surface area contributed by atoms with Gasteiger partial charge in [-0.25, -0.2) is 4.98 Å². The van der Waals surface area contributed by atoms with E-state index in [1.54, 1.807) is 7.11 Å². The second-order valence-electron chi connectivity index (χ2n) is 7.35. The summed E-state index contributed by atoms with van der Waals surface area (Å²) in [5.41, 5.74) is 3.16. The van der Waals surface area contributed by atoms with E-state index in [9.17, 15) is 9.59 Å². The number of ether oxygens (including phenoxy) is 1. The Morgan fingerprint density at radius 1 is 0.971 bits per heavy atom. The van der Waals surface area contributed by atoms with Gasteiger partial charge in [0.05, 0.1) is 12.8 Å². The highest BCUT2D eigenvalue weighted by molar-refractivity contribution is 8.00. The van der Waals surface area contributed by atoms with Crippen LogP contribution in [-0.4, -0.2) is 23.9 Å². The van der Waals surface area contributed by atoms with Crippen molar-refractivity contribution in [3.05, 3.63) is 89.8 Å². The van der Waals surface area contributed by atoms with E-state index in [1.165, 1.54) is 30.0 Å². The van der Waals surface area contributed by atoms with Crippen molar-refractivity contribution < 1.29 is 14.3 Å². The van der Waals surface area contributed by atoms with Gasteiger partial charge in [-0.2, -0.15) is 0 Å². The van der Waals surface area contributed by atoms with Crippen LogP contribution < -0.4 is 15.4 Å². The summed E-state index contributed by atoms with van der Waals surface area (Å²) in [5.74, 6) is 0.402. The molecule has 0 radical (unpaired) electrons. The average molecular weight is 490 g/mol. The molecule has 0 aliphatic heterocycles. The number of rotatable bonds is 8. The number of para-hydroxylation sites is 1. The fourth-order valence-corrected chi connectivity index (χ4v) is 5.17. The zero-order valence-electron chi connectivity index (χ0n) is 18.6. The lowest BCUT2D eigenvalue weighted by Crippen LogP contribution is -2.19. The van der Waals surface area contributed by atoms with Gasteiger partial charge >= 0.3 is 0 Å². The smallest absolute Gasteiger partial charge is 0.244 e. The van der Waals surface area contributed by atoms with Gasteiger partial charge in [0.25, 0.3) is 0 Å². The highest BCUT2D eigenvalue weighted by atomic mass is 32.2. The summed E-state index contributed by atoms with van der Waals surface area (Å²) in [6.45, 7) is 1.47. The van der Waals surface area contributed by atoms with Crippen LogP contribution in [0.25, 0.3) is 11.3 Å². The number of anilines is 2. The molecule has 0 saturated heterocycles. The normalized spacial score (nSPS) is 11.5. The second-order valence-corrected chi connectivity index (χ2v) is 9.38. The molecule has 172 valence electrons. The third-order valence-corrected chi connectivity index (χ3v) is 6.87. The van der Waals surface area contributed by atoms with Crippen LogP contribution in [0.3, 0.4) is 0 Å². The average Bonchev–Trinajstić information content (AvgIpc) is 3.31. The number of hydrogen-bond acceptors (Lipinski definition) is 6. The maximum absolute atomic E-state index is 13.4. The maximum Gasteiger partial charge on any atom is 0.244 e. The summed E-state index contributed by atoms with van der Waals surface area (Å²) in [6.07, 6.45) is 0. The van der Waals surface area contributed by atoms with Gasteiger partial charge < -0.3 is 15.4 Å². The molecule has 0 bridgehead atoms. The molecule has 2 N–H and O–H groups in total. The Hall–Kier alpha value is -3.62. The van der Waals surface area contributed by atoms with Crippen LogP contribution in [0.5, 0.6) is 5.75 Å². The number of thioether (sulfide) groups is 1. The summed E-state index contributed by atoms with van der Waals surface area (Å²) < 4.78 is 5.43. The van der Waals surface area contributed by atoms with Gasteiger partial charge in [-0.15, -0.1) is 23.1 Å². The maximum atomic E-state index is 13.4. The fourth-order valence-electron chi connectivity index (χ4n) is 3.37. The number of benzene rings is 3. The molecule has 0 saturated carbocycles. The topological polar surface area (TPSA) is 80.3 Å². The molecule has 4 rings (SSSR count). The van der Waals surface area contributed by atoms with Crippen molar-refractivity contribution in [3.8, 4) is 17.0 Å².